The topological polar surface area (TPSA) is 59.8 Å². The number of nitrogens with one attached hydrogen (secondary N) is 1. The summed E-state index contributed by atoms with van der Waals surface area (Å²) in [7, 11) is 0. The molecule has 1 heterocycles. The van der Waals surface area contributed by atoms with Crippen LogP contribution in [0.5, 0.6) is 0 Å². The van der Waals surface area contributed by atoms with Gasteiger partial charge in [-0.15, -0.1) is 10.2 Å². The van der Waals surface area contributed by atoms with Gasteiger partial charge in [0.25, 0.3) is 0 Å². The highest BCUT2D eigenvalue weighted by Gasteiger charge is 2.26. The first kappa shape index (κ1) is 16.1. The van der Waals surface area contributed by atoms with E-state index in [1.165, 1.54) is 30.2 Å². The number of amides is 1. The van der Waals surface area contributed by atoms with Crippen molar-refractivity contribution in [3.8, 4) is 0 Å². The van der Waals surface area contributed by atoms with E-state index in [-0.39, 0.29) is 11.9 Å². The van der Waals surface area contributed by atoms with Crippen molar-refractivity contribution < 1.29 is 4.79 Å². The molecule has 1 aromatic heterocycles. The third-order valence-electron chi connectivity index (χ3n) is 4.08. The van der Waals surface area contributed by atoms with Crippen LogP contribution in [0.2, 0.25) is 0 Å². The van der Waals surface area contributed by atoms with E-state index in [4.69, 9.17) is 0 Å². The Kier molecular flexibility index (Phi) is 5.00. The zero-order valence-corrected chi connectivity index (χ0v) is 14.3. The molecule has 3 rings (SSSR count). The van der Waals surface area contributed by atoms with Crippen molar-refractivity contribution in [2.75, 3.05) is 5.75 Å². The lowest BCUT2D eigenvalue weighted by molar-refractivity contribution is -0.119. The first-order valence-electron chi connectivity index (χ1n) is 8.08. The lowest BCUT2D eigenvalue weighted by atomic mass is 10.1. The molecule has 23 heavy (non-hydrogen) atoms. The van der Waals surface area contributed by atoms with Gasteiger partial charge in [-0.25, -0.2) is 0 Å². The van der Waals surface area contributed by atoms with E-state index >= 15 is 0 Å². The number of aromatic nitrogens is 3. The Labute approximate surface area is 140 Å². The predicted octanol–water partition coefficient (Wildman–Crippen LogP) is 3.14. The molecule has 0 aliphatic heterocycles. The molecule has 0 spiro atoms. The summed E-state index contributed by atoms with van der Waals surface area (Å²) in [5, 5.41) is 11.9. The van der Waals surface area contributed by atoms with Crippen LogP contribution < -0.4 is 5.32 Å². The Morgan fingerprint density at radius 2 is 2.13 bits per heavy atom. The van der Waals surface area contributed by atoms with Crippen molar-refractivity contribution >= 4 is 17.7 Å². The van der Waals surface area contributed by atoms with E-state index in [1.807, 2.05) is 6.92 Å². The van der Waals surface area contributed by atoms with Crippen molar-refractivity contribution in [3.05, 3.63) is 41.7 Å². The average molecular weight is 330 g/mol. The highest BCUT2D eigenvalue weighted by atomic mass is 32.2. The molecule has 1 unspecified atom stereocenters. The quantitative estimate of drug-likeness (QED) is 0.792. The highest BCUT2D eigenvalue weighted by molar-refractivity contribution is 7.99. The summed E-state index contributed by atoms with van der Waals surface area (Å²) < 4.78 is 2.07. The molecule has 2 aromatic rings. The summed E-state index contributed by atoms with van der Waals surface area (Å²) in [6.07, 6.45) is 5.15. The molecule has 0 radical (unpaired) electrons. The van der Waals surface area contributed by atoms with Crippen molar-refractivity contribution in [1.82, 2.24) is 20.1 Å². The van der Waals surface area contributed by atoms with Crippen LogP contribution >= 0.6 is 11.8 Å². The van der Waals surface area contributed by atoms with Crippen LogP contribution in [0.4, 0.5) is 0 Å². The summed E-state index contributed by atoms with van der Waals surface area (Å²) in [4.78, 5) is 12.2. The van der Waals surface area contributed by atoms with E-state index in [2.05, 4.69) is 51.3 Å². The number of rotatable bonds is 7. The van der Waals surface area contributed by atoms with E-state index < -0.39 is 0 Å². The van der Waals surface area contributed by atoms with Crippen LogP contribution in [-0.4, -0.2) is 26.4 Å². The Bertz CT molecular complexity index is 663. The lowest BCUT2D eigenvalue weighted by Crippen LogP contribution is -2.28. The maximum Gasteiger partial charge on any atom is 0.230 e. The molecule has 1 atom stereocenters. The number of hydrogen-bond acceptors (Lipinski definition) is 4. The summed E-state index contributed by atoms with van der Waals surface area (Å²) in [5.74, 6) is 0.385. The van der Waals surface area contributed by atoms with Crippen LogP contribution in [-0.2, 0) is 11.2 Å². The van der Waals surface area contributed by atoms with Gasteiger partial charge in [0.1, 0.15) is 6.33 Å². The molecular formula is C17H22N4OS. The zero-order valence-electron chi connectivity index (χ0n) is 13.5. The summed E-state index contributed by atoms with van der Waals surface area (Å²) in [6.45, 7) is 4.15. The summed E-state index contributed by atoms with van der Waals surface area (Å²) in [5.41, 5.74) is 2.43. The van der Waals surface area contributed by atoms with Crippen molar-refractivity contribution in [1.29, 1.82) is 0 Å². The van der Waals surface area contributed by atoms with Gasteiger partial charge in [-0.3, -0.25) is 4.79 Å². The van der Waals surface area contributed by atoms with Gasteiger partial charge in [-0.2, -0.15) is 0 Å². The fraction of sp³-hybridized carbons (Fsp3) is 0.471. The normalized spacial score (nSPS) is 15.4. The SMILES string of the molecule is CCc1ccc(C(C)NC(=O)CSc2nncn2C2CC2)cc1. The molecule has 0 bridgehead atoms. The molecule has 5 nitrogen and oxygen atoms in total. The van der Waals surface area contributed by atoms with Crippen LogP contribution in [0, 0.1) is 0 Å². The van der Waals surface area contributed by atoms with Crippen LogP contribution in [0.15, 0.2) is 35.7 Å². The molecule has 122 valence electrons. The fourth-order valence-corrected chi connectivity index (χ4v) is 3.27. The molecule has 1 aromatic carbocycles. The summed E-state index contributed by atoms with van der Waals surface area (Å²) >= 11 is 1.45. The number of hydrogen-bond donors (Lipinski definition) is 1. The van der Waals surface area contributed by atoms with Gasteiger partial charge >= 0.3 is 0 Å². The molecule has 1 aliphatic rings. The molecular weight excluding hydrogens is 308 g/mol. The third-order valence-corrected chi connectivity index (χ3v) is 5.04. The van der Waals surface area contributed by atoms with Gasteiger partial charge in [-0.1, -0.05) is 43.0 Å². The van der Waals surface area contributed by atoms with Gasteiger partial charge in [0, 0.05) is 6.04 Å². The van der Waals surface area contributed by atoms with Crippen LogP contribution in [0.1, 0.15) is 49.9 Å². The molecule has 1 aliphatic carbocycles. The van der Waals surface area contributed by atoms with Crippen molar-refractivity contribution in [3.63, 3.8) is 0 Å². The second-order valence-electron chi connectivity index (χ2n) is 5.92. The second-order valence-corrected chi connectivity index (χ2v) is 6.87. The Morgan fingerprint density at radius 3 is 2.78 bits per heavy atom. The molecule has 0 saturated heterocycles. The Morgan fingerprint density at radius 1 is 1.39 bits per heavy atom. The molecule has 1 fully saturated rings. The van der Waals surface area contributed by atoms with Gasteiger partial charge in [0.2, 0.25) is 5.91 Å². The second kappa shape index (κ2) is 7.17. The minimum atomic E-state index is 0.00954. The smallest absolute Gasteiger partial charge is 0.230 e. The van der Waals surface area contributed by atoms with Gasteiger partial charge in [-0.05, 0) is 37.3 Å². The molecule has 1 N–H and O–H groups in total. The third kappa shape index (κ3) is 4.13. The van der Waals surface area contributed by atoms with Crippen molar-refractivity contribution in [2.45, 2.75) is 50.4 Å². The Hall–Kier alpha value is -1.82. The maximum atomic E-state index is 12.2. The summed E-state index contributed by atoms with van der Waals surface area (Å²) in [6, 6.07) is 8.94. The standard InChI is InChI=1S/C17H22N4OS/c1-3-13-4-6-14(7-5-13)12(2)19-16(22)10-23-17-20-18-11-21(17)15-8-9-15/h4-7,11-12,15H,3,8-10H2,1-2H3,(H,19,22). The molecule has 1 amide bonds. The van der Waals surface area contributed by atoms with Crippen LogP contribution in [0.3, 0.4) is 0 Å². The predicted molar refractivity (Wildman–Crippen MR) is 91.4 cm³/mol. The Balaban J connectivity index is 1.50. The minimum Gasteiger partial charge on any atom is -0.349 e. The number of benzene rings is 1. The lowest BCUT2D eigenvalue weighted by Gasteiger charge is -2.14. The number of carbonyl (C=O) groups excluding carboxylic acids is 1. The number of aryl methyl sites for hydroxylation is 1. The fourth-order valence-electron chi connectivity index (χ4n) is 2.48. The zero-order chi connectivity index (χ0) is 16.2. The number of nitrogens with zero attached hydrogens (tertiary/aromatic N) is 3. The van der Waals surface area contributed by atoms with Gasteiger partial charge in [0.05, 0.1) is 11.8 Å². The van der Waals surface area contributed by atoms with E-state index in [0.29, 0.717) is 11.8 Å². The monoisotopic (exact) mass is 330 g/mol. The highest BCUT2D eigenvalue weighted by Crippen LogP contribution is 2.37. The maximum absolute atomic E-state index is 12.2. The van der Waals surface area contributed by atoms with Gasteiger partial charge in [0.15, 0.2) is 5.16 Å². The van der Waals surface area contributed by atoms with E-state index in [1.54, 1.807) is 6.33 Å². The number of thioether (sulfide) groups is 1. The van der Waals surface area contributed by atoms with Crippen molar-refractivity contribution in [2.24, 2.45) is 0 Å². The molecule has 1 saturated carbocycles. The largest absolute Gasteiger partial charge is 0.349 e. The first-order chi connectivity index (χ1) is 11.2. The number of carbonyl (C=O) groups is 1. The minimum absolute atomic E-state index is 0.00954. The first-order valence-corrected chi connectivity index (χ1v) is 9.06. The average Bonchev–Trinajstić information content (AvgIpc) is 3.31. The van der Waals surface area contributed by atoms with E-state index in [0.717, 1.165) is 17.1 Å². The molecule has 6 heteroatoms. The van der Waals surface area contributed by atoms with E-state index in [9.17, 15) is 4.79 Å². The van der Waals surface area contributed by atoms with Gasteiger partial charge < -0.3 is 9.88 Å². The van der Waals surface area contributed by atoms with Crippen LogP contribution in [0.25, 0.3) is 0 Å².